The third kappa shape index (κ3) is 2.52. The van der Waals surface area contributed by atoms with Crippen LogP contribution in [0.2, 0.25) is 0 Å². The number of furan rings is 1. The molecule has 2 heterocycles. The Kier molecular flexibility index (Phi) is 3.41. The molecule has 1 unspecified atom stereocenters. The normalized spacial score (nSPS) is 12.9. The number of aryl methyl sites for hydroxylation is 1. The van der Waals surface area contributed by atoms with Crippen molar-refractivity contribution in [2.45, 2.75) is 19.4 Å². The van der Waals surface area contributed by atoms with Crippen LogP contribution in [0.3, 0.4) is 0 Å². The summed E-state index contributed by atoms with van der Waals surface area (Å²) in [6.07, 6.45) is 6.30. The van der Waals surface area contributed by atoms with Gasteiger partial charge in [-0.3, -0.25) is 4.68 Å². The van der Waals surface area contributed by atoms with Gasteiger partial charge in [-0.1, -0.05) is 0 Å². The number of nitrogens with zero attached hydrogens (tertiary/aromatic N) is 2. The van der Waals surface area contributed by atoms with Crippen LogP contribution in [0.5, 0.6) is 0 Å². The van der Waals surface area contributed by atoms with E-state index >= 15 is 0 Å². The van der Waals surface area contributed by atoms with Gasteiger partial charge in [0.2, 0.25) is 0 Å². The van der Waals surface area contributed by atoms with E-state index in [1.165, 1.54) is 11.3 Å². The summed E-state index contributed by atoms with van der Waals surface area (Å²) in [5.74, 6) is 0. The Morgan fingerprint density at radius 3 is 3.00 bits per heavy atom. The zero-order valence-corrected chi connectivity index (χ0v) is 9.68. The minimum atomic E-state index is 0.326. The minimum absolute atomic E-state index is 0.326. The predicted octanol–water partition coefficient (Wildman–Crippen LogP) is 1.91. The molecule has 0 aromatic carbocycles. The lowest BCUT2D eigenvalue weighted by molar-refractivity contribution is 0.536. The maximum Gasteiger partial charge on any atom is 0.0950 e. The summed E-state index contributed by atoms with van der Waals surface area (Å²) in [6, 6.07) is 4.36. The first-order valence-electron chi connectivity index (χ1n) is 5.49. The van der Waals surface area contributed by atoms with Gasteiger partial charge in [-0.15, -0.1) is 0 Å². The molecule has 0 aliphatic heterocycles. The molecule has 0 aliphatic rings. The van der Waals surface area contributed by atoms with Gasteiger partial charge in [0.05, 0.1) is 12.5 Å². The number of hydrogen-bond acceptors (Lipinski definition) is 3. The molecule has 16 heavy (non-hydrogen) atoms. The Morgan fingerprint density at radius 2 is 2.38 bits per heavy atom. The average Bonchev–Trinajstić information content (AvgIpc) is 2.90. The van der Waals surface area contributed by atoms with Gasteiger partial charge in [0.25, 0.3) is 0 Å². The lowest BCUT2D eigenvalue weighted by Gasteiger charge is -2.11. The molecular weight excluding hydrogens is 202 g/mol. The molecule has 0 fully saturated rings. The molecule has 1 atom stereocenters. The van der Waals surface area contributed by atoms with Gasteiger partial charge in [0.15, 0.2) is 0 Å². The third-order valence-electron chi connectivity index (χ3n) is 2.80. The zero-order chi connectivity index (χ0) is 11.4. The highest BCUT2D eigenvalue weighted by molar-refractivity contribution is 5.10. The first-order chi connectivity index (χ1) is 7.77. The van der Waals surface area contributed by atoms with Crippen LogP contribution in [0.1, 0.15) is 24.2 Å². The number of nitrogens with one attached hydrogen (secondary N) is 1. The molecule has 0 aliphatic carbocycles. The van der Waals surface area contributed by atoms with Crippen molar-refractivity contribution >= 4 is 0 Å². The topological polar surface area (TPSA) is 43.0 Å². The molecule has 0 spiro atoms. The lowest BCUT2D eigenvalue weighted by atomic mass is 10.2. The Labute approximate surface area is 95.3 Å². The van der Waals surface area contributed by atoms with Gasteiger partial charge in [-0.25, -0.2) is 0 Å². The number of aromatic nitrogens is 2. The summed E-state index contributed by atoms with van der Waals surface area (Å²) in [5.41, 5.74) is 2.43. The van der Waals surface area contributed by atoms with Gasteiger partial charge in [-0.2, -0.15) is 5.10 Å². The van der Waals surface area contributed by atoms with E-state index in [0.717, 1.165) is 13.0 Å². The highest BCUT2D eigenvalue weighted by Crippen LogP contribution is 2.11. The molecule has 4 heteroatoms. The Bertz CT molecular complexity index is 419. The van der Waals surface area contributed by atoms with Crippen molar-refractivity contribution in [3.8, 4) is 0 Å². The lowest BCUT2D eigenvalue weighted by Crippen LogP contribution is -2.21. The summed E-state index contributed by atoms with van der Waals surface area (Å²) < 4.78 is 6.96. The third-order valence-corrected chi connectivity index (χ3v) is 2.80. The zero-order valence-electron chi connectivity index (χ0n) is 9.68. The van der Waals surface area contributed by atoms with Crippen molar-refractivity contribution in [2.24, 2.45) is 7.05 Å². The van der Waals surface area contributed by atoms with Crippen LogP contribution in [-0.2, 0) is 13.5 Å². The molecule has 2 rings (SSSR count). The standard InChI is InChI=1S/C12H17N3O/c1-10(11-5-8-16-9-11)13-6-3-12-4-7-14-15(12)2/h4-5,7-10,13H,3,6H2,1-2H3. The van der Waals surface area contributed by atoms with Crippen LogP contribution < -0.4 is 5.32 Å². The second kappa shape index (κ2) is 4.99. The molecule has 0 bridgehead atoms. The van der Waals surface area contributed by atoms with Crippen LogP contribution >= 0.6 is 0 Å². The van der Waals surface area contributed by atoms with Crippen molar-refractivity contribution in [3.05, 3.63) is 42.1 Å². The van der Waals surface area contributed by atoms with E-state index in [4.69, 9.17) is 4.42 Å². The Balaban J connectivity index is 1.78. The van der Waals surface area contributed by atoms with Gasteiger partial charge in [0.1, 0.15) is 0 Å². The van der Waals surface area contributed by atoms with Crippen LogP contribution in [0.4, 0.5) is 0 Å². The first-order valence-corrected chi connectivity index (χ1v) is 5.49. The van der Waals surface area contributed by atoms with Crippen LogP contribution in [0.25, 0.3) is 0 Å². The molecule has 0 saturated heterocycles. The van der Waals surface area contributed by atoms with E-state index in [1.54, 1.807) is 12.5 Å². The highest BCUT2D eigenvalue weighted by Gasteiger charge is 2.05. The smallest absolute Gasteiger partial charge is 0.0950 e. The molecule has 0 radical (unpaired) electrons. The predicted molar refractivity (Wildman–Crippen MR) is 62.0 cm³/mol. The molecule has 2 aromatic rings. The molecule has 0 amide bonds. The maximum absolute atomic E-state index is 5.05. The molecule has 1 N–H and O–H groups in total. The number of hydrogen-bond donors (Lipinski definition) is 1. The van der Waals surface area contributed by atoms with Gasteiger partial charge in [-0.05, 0) is 19.1 Å². The van der Waals surface area contributed by atoms with Crippen LogP contribution in [0, 0.1) is 0 Å². The fourth-order valence-corrected chi connectivity index (χ4v) is 1.70. The van der Waals surface area contributed by atoms with Crippen LogP contribution in [-0.4, -0.2) is 16.3 Å². The van der Waals surface area contributed by atoms with E-state index in [0.29, 0.717) is 6.04 Å². The summed E-state index contributed by atoms with van der Waals surface area (Å²) in [5, 5.41) is 7.59. The summed E-state index contributed by atoms with van der Waals surface area (Å²) in [4.78, 5) is 0. The van der Waals surface area contributed by atoms with E-state index in [9.17, 15) is 0 Å². The molecule has 0 saturated carbocycles. The van der Waals surface area contributed by atoms with E-state index in [1.807, 2.05) is 30.1 Å². The van der Waals surface area contributed by atoms with Crippen LogP contribution in [0.15, 0.2) is 35.3 Å². The van der Waals surface area contributed by atoms with E-state index in [-0.39, 0.29) is 0 Å². The average molecular weight is 219 g/mol. The SMILES string of the molecule is CC(NCCc1ccnn1C)c1ccoc1. The van der Waals surface area contributed by atoms with Crippen molar-refractivity contribution in [1.29, 1.82) is 0 Å². The molecule has 4 nitrogen and oxygen atoms in total. The van der Waals surface area contributed by atoms with Crippen molar-refractivity contribution in [1.82, 2.24) is 15.1 Å². The van der Waals surface area contributed by atoms with Crippen molar-refractivity contribution in [3.63, 3.8) is 0 Å². The Morgan fingerprint density at radius 1 is 1.50 bits per heavy atom. The van der Waals surface area contributed by atoms with Gasteiger partial charge >= 0.3 is 0 Å². The van der Waals surface area contributed by atoms with E-state index < -0.39 is 0 Å². The Hall–Kier alpha value is -1.55. The largest absolute Gasteiger partial charge is 0.472 e. The second-order valence-corrected chi connectivity index (χ2v) is 3.93. The second-order valence-electron chi connectivity index (χ2n) is 3.93. The van der Waals surface area contributed by atoms with E-state index in [2.05, 4.69) is 17.3 Å². The highest BCUT2D eigenvalue weighted by atomic mass is 16.3. The number of rotatable bonds is 5. The quantitative estimate of drug-likeness (QED) is 0.835. The summed E-state index contributed by atoms with van der Waals surface area (Å²) in [6.45, 7) is 3.07. The first kappa shape index (κ1) is 11.0. The monoisotopic (exact) mass is 219 g/mol. The van der Waals surface area contributed by atoms with Gasteiger partial charge < -0.3 is 9.73 Å². The van der Waals surface area contributed by atoms with Gasteiger partial charge in [0, 0.05) is 43.5 Å². The minimum Gasteiger partial charge on any atom is -0.472 e. The molecule has 86 valence electrons. The maximum atomic E-state index is 5.05. The van der Waals surface area contributed by atoms with Crippen molar-refractivity contribution in [2.75, 3.05) is 6.54 Å². The van der Waals surface area contributed by atoms with Crippen molar-refractivity contribution < 1.29 is 4.42 Å². The fourth-order valence-electron chi connectivity index (χ4n) is 1.70. The molecular formula is C12H17N3O. The fraction of sp³-hybridized carbons (Fsp3) is 0.417. The summed E-state index contributed by atoms with van der Waals surface area (Å²) >= 11 is 0. The molecule has 2 aromatic heterocycles. The summed E-state index contributed by atoms with van der Waals surface area (Å²) in [7, 11) is 1.97.